The standard InChI is InChI=1S/C31H36O3/c1-30(2,25-11-15-27(16-12-25)32-19-22-5-6-22)23-7-9-24(10-8-23)31(3,4)26-13-17-28(18-14-26)33-20-29-21-34-29/h7-18,22,29H,5-6,19-21H2,1-4H3. The fourth-order valence-electron chi connectivity index (χ4n) is 4.42. The molecule has 3 aromatic rings. The van der Waals surface area contributed by atoms with E-state index in [0.29, 0.717) is 6.61 Å². The van der Waals surface area contributed by atoms with Gasteiger partial charge in [-0.3, -0.25) is 0 Å². The van der Waals surface area contributed by atoms with Crippen LogP contribution in [0.25, 0.3) is 0 Å². The van der Waals surface area contributed by atoms with Gasteiger partial charge in [-0.15, -0.1) is 0 Å². The molecule has 1 aliphatic carbocycles. The molecule has 0 bridgehead atoms. The van der Waals surface area contributed by atoms with E-state index in [-0.39, 0.29) is 16.9 Å². The summed E-state index contributed by atoms with van der Waals surface area (Å²) in [6, 6.07) is 26.2. The number of rotatable bonds is 10. The second-order valence-electron chi connectivity index (χ2n) is 10.9. The Kier molecular flexibility index (Phi) is 6.16. The molecule has 1 aliphatic heterocycles. The molecule has 5 rings (SSSR count). The molecule has 3 nitrogen and oxygen atoms in total. The molecule has 1 saturated carbocycles. The molecule has 2 fully saturated rings. The van der Waals surface area contributed by atoms with Crippen LogP contribution in [0.2, 0.25) is 0 Å². The van der Waals surface area contributed by atoms with Gasteiger partial charge in [0.15, 0.2) is 0 Å². The molecule has 1 saturated heterocycles. The summed E-state index contributed by atoms with van der Waals surface area (Å²) >= 11 is 0. The van der Waals surface area contributed by atoms with Gasteiger partial charge in [0.05, 0.1) is 13.2 Å². The summed E-state index contributed by atoms with van der Waals surface area (Å²) in [5.74, 6) is 2.64. The Morgan fingerprint density at radius 3 is 1.32 bits per heavy atom. The van der Waals surface area contributed by atoms with Crippen molar-refractivity contribution < 1.29 is 14.2 Å². The third kappa shape index (κ3) is 5.15. The van der Waals surface area contributed by atoms with E-state index in [2.05, 4.69) is 100 Å². The Labute approximate surface area is 204 Å². The summed E-state index contributed by atoms with van der Waals surface area (Å²) in [6.45, 7) is 11.4. The summed E-state index contributed by atoms with van der Waals surface area (Å²) in [5.41, 5.74) is 5.01. The van der Waals surface area contributed by atoms with Crippen LogP contribution in [0.4, 0.5) is 0 Å². The molecular weight excluding hydrogens is 420 g/mol. The van der Waals surface area contributed by atoms with E-state index < -0.39 is 0 Å². The fraction of sp³-hybridized carbons (Fsp3) is 0.419. The minimum absolute atomic E-state index is 0.0814. The van der Waals surface area contributed by atoms with Crippen LogP contribution in [0.15, 0.2) is 72.8 Å². The largest absolute Gasteiger partial charge is 0.493 e. The van der Waals surface area contributed by atoms with Crippen molar-refractivity contribution in [3.63, 3.8) is 0 Å². The second-order valence-corrected chi connectivity index (χ2v) is 10.9. The highest BCUT2D eigenvalue weighted by Crippen LogP contribution is 2.37. The summed E-state index contributed by atoms with van der Waals surface area (Å²) in [4.78, 5) is 0. The maximum Gasteiger partial charge on any atom is 0.119 e. The number of hydrogen-bond donors (Lipinski definition) is 0. The van der Waals surface area contributed by atoms with Crippen LogP contribution in [0.5, 0.6) is 11.5 Å². The molecule has 3 heteroatoms. The Balaban J connectivity index is 1.27. The van der Waals surface area contributed by atoms with Crippen molar-refractivity contribution in [2.45, 2.75) is 57.5 Å². The lowest BCUT2D eigenvalue weighted by molar-refractivity contribution is 0.263. The third-order valence-electron chi connectivity index (χ3n) is 7.50. The monoisotopic (exact) mass is 456 g/mol. The van der Waals surface area contributed by atoms with Crippen molar-refractivity contribution in [1.82, 2.24) is 0 Å². The molecule has 0 aromatic heterocycles. The van der Waals surface area contributed by atoms with Gasteiger partial charge in [0.1, 0.15) is 24.2 Å². The van der Waals surface area contributed by atoms with E-state index in [1.165, 1.54) is 35.1 Å². The molecule has 1 atom stereocenters. The van der Waals surface area contributed by atoms with Crippen LogP contribution in [0.3, 0.4) is 0 Å². The lowest BCUT2D eigenvalue weighted by Crippen LogP contribution is -2.21. The van der Waals surface area contributed by atoms with Crippen molar-refractivity contribution in [3.8, 4) is 11.5 Å². The number of hydrogen-bond acceptors (Lipinski definition) is 3. The number of benzene rings is 3. The van der Waals surface area contributed by atoms with E-state index >= 15 is 0 Å². The van der Waals surface area contributed by atoms with Crippen LogP contribution in [-0.4, -0.2) is 25.9 Å². The molecule has 1 heterocycles. The van der Waals surface area contributed by atoms with E-state index in [9.17, 15) is 0 Å². The van der Waals surface area contributed by atoms with Crippen molar-refractivity contribution in [2.24, 2.45) is 5.92 Å². The Morgan fingerprint density at radius 2 is 0.971 bits per heavy atom. The summed E-state index contributed by atoms with van der Waals surface area (Å²) < 4.78 is 16.9. The van der Waals surface area contributed by atoms with Crippen molar-refractivity contribution in [1.29, 1.82) is 0 Å². The first kappa shape index (κ1) is 23.0. The van der Waals surface area contributed by atoms with E-state index in [1.807, 2.05) is 0 Å². The lowest BCUT2D eigenvalue weighted by atomic mass is 9.74. The van der Waals surface area contributed by atoms with Crippen molar-refractivity contribution >= 4 is 0 Å². The first-order valence-corrected chi connectivity index (χ1v) is 12.5. The topological polar surface area (TPSA) is 31.0 Å². The van der Waals surface area contributed by atoms with Gasteiger partial charge in [-0.1, -0.05) is 76.2 Å². The van der Waals surface area contributed by atoms with E-state index in [4.69, 9.17) is 14.2 Å². The Morgan fingerprint density at radius 1 is 0.618 bits per heavy atom. The SMILES string of the molecule is CC(C)(c1ccc(OCC2CC2)cc1)c1ccc(C(C)(C)c2ccc(OCC3CO3)cc2)cc1. The predicted molar refractivity (Wildman–Crippen MR) is 137 cm³/mol. The molecule has 178 valence electrons. The highest BCUT2D eigenvalue weighted by atomic mass is 16.6. The quantitative estimate of drug-likeness (QED) is 0.311. The molecule has 2 aliphatic rings. The summed E-state index contributed by atoms with van der Waals surface area (Å²) in [5, 5.41) is 0. The van der Waals surface area contributed by atoms with E-state index in [0.717, 1.165) is 30.6 Å². The zero-order valence-corrected chi connectivity index (χ0v) is 20.8. The maximum absolute atomic E-state index is 5.92. The summed E-state index contributed by atoms with van der Waals surface area (Å²) in [7, 11) is 0. The average Bonchev–Trinajstić information content (AvgIpc) is 3.77. The number of ether oxygens (including phenoxy) is 3. The third-order valence-corrected chi connectivity index (χ3v) is 7.50. The highest BCUT2D eigenvalue weighted by molar-refractivity contribution is 5.45. The molecule has 1 unspecified atom stereocenters. The van der Waals surface area contributed by atoms with Gasteiger partial charge in [0, 0.05) is 10.8 Å². The van der Waals surface area contributed by atoms with Crippen LogP contribution in [0.1, 0.15) is 62.8 Å². The van der Waals surface area contributed by atoms with Crippen molar-refractivity contribution in [2.75, 3.05) is 19.8 Å². The van der Waals surface area contributed by atoms with Crippen LogP contribution in [-0.2, 0) is 15.6 Å². The zero-order valence-electron chi connectivity index (χ0n) is 20.8. The molecule has 0 spiro atoms. The minimum Gasteiger partial charge on any atom is -0.493 e. The molecule has 34 heavy (non-hydrogen) atoms. The molecule has 3 aromatic carbocycles. The van der Waals surface area contributed by atoms with Crippen LogP contribution in [0, 0.1) is 5.92 Å². The predicted octanol–water partition coefficient (Wildman–Crippen LogP) is 6.90. The molecule has 0 amide bonds. The highest BCUT2D eigenvalue weighted by Gasteiger charge is 2.27. The van der Waals surface area contributed by atoms with Gasteiger partial charge in [0.2, 0.25) is 0 Å². The number of epoxide rings is 1. The van der Waals surface area contributed by atoms with Gasteiger partial charge in [-0.25, -0.2) is 0 Å². The smallest absolute Gasteiger partial charge is 0.119 e. The normalized spacial score (nSPS) is 17.9. The van der Waals surface area contributed by atoms with Crippen LogP contribution < -0.4 is 9.47 Å². The van der Waals surface area contributed by atoms with Crippen molar-refractivity contribution in [3.05, 3.63) is 95.1 Å². The van der Waals surface area contributed by atoms with Gasteiger partial charge in [0.25, 0.3) is 0 Å². The van der Waals surface area contributed by atoms with Gasteiger partial charge >= 0.3 is 0 Å². The van der Waals surface area contributed by atoms with Gasteiger partial charge in [-0.05, 0) is 65.3 Å². The summed E-state index contributed by atoms with van der Waals surface area (Å²) in [6.07, 6.45) is 2.90. The molecule has 0 radical (unpaired) electrons. The lowest BCUT2D eigenvalue weighted by Gasteiger charge is -2.29. The Hall–Kier alpha value is -2.78. The zero-order chi connectivity index (χ0) is 23.8. The fourth-order valence-corrected chi connectivity index (χ4v) is 4.42. The second kappa shape index (κ2) is 9.11. The molecular formula is C31H36O3. The molecule has 0 N–H and O–H groups in total. The maximum atomic E-state index is 5.92. The van der Waals surface area contributed by atoms with Gasteiger partial charge in [-0.2, -0.15) is 0 Å². The van der Waals surface area contributed by atoms with Crippen LogP contribution >= 0.6 is 0 Å². The van der Waals surface area contributed by atoms with E-state index in [1.54, 1.807) is 0 Å². The first-order chi connectivity index (χ1) is 16.3. The first-order valence-electron chi connectivity index (χ1n) is 12.5. The average molecular weight is 457 g/mol. The Bertz CT molecular complexity index is 996. The minimum atomic E-state index is -0.0959. The van der Waals surface area contributed by atoms with Gasteiger partial charge < -0.3 is 14.2 Å².